The van der Waals surface area contributed by atoms with Crippen LogP contribution in [-0.4, -0.2) is 25.5 Å². The molecule has 2 aromatic rings. The molecule has 5 nitrogen and oxygen atoms in total. The Morgan fingerprint density at radius 3 is 3.08 bits per heavy atom. The predicted octanol–water partition coefficient (Wildman–Crippen LogP) is 3.45. The molecule has 0 spiro atoms. The van der Waals surface area contributed by atoms with Gasteiger partial charge >= 0.3 is 0 Å². The van der Waals surface area contributed by atoms with Crippen molar-refractivity contribution in [3.8, 4) is 6.07 Å². The van der Waals surface area contributed by atoms with Gasteiger partial charge in [-0.25, -0.2) is 0 Å². The van der Waals surface area contributed by atoms with E-state index in [1.165, 1.54) is 6.26 Å². The fraction of sp³-hybridized carbons (Fsp3) is 0.333. The van der Waals surface area contributed by atoms with Crippen LogP contribution in [0.15, 0.2) is 41.0 Å². The molecule has 1 atom stereocenters. The van der Waals surface area contributed by atoms with Crippen LogP contribution in [0, 0.1) is 17.2 Å². The molecule has 0 bridgehead atoms. The molecule has 0 unspecified atom stereocenters. The van der Waals surface area contributed by atoms with Gasteiger partial charge in [-0.2, -0.15) is 5.26 Å². The minimum absolute atomic E-state index is 0.197. The number of piperidine rings is 1. The zero-order valence-electron chi connectivity index (χ0n) is 13.2. The van der Waals surface area contributed by atoms with Gasteiger partial charge in [-0.3, -0.25) is 4.79 Å². The molecule has 1 fully saturated rings. The lowest BCUT2D eigenvalue weighted by molar-refractivity contribution is 0.0918. The van der Waals surface area contributed by atoms with Gasteiger partial charge in [0.1, 0.15) is 6.07 Å². The van der Waals surface area contributed by atoms with Gasteiger partial charge in [-0.05, 0) is 49.1 Å². The monoisotopic (exact) mass is 343 g/mol. The van der Waals surface area contributed by atoms with Gasteiger partial charge in [0.25, 0.3) is 5.91 Å². The van der Waals surface area contributed by atoms with Crippen LogP contribution in [0.25, 0.3) is 0 Å². The van der Waals surface area contributed by atoms with Crippen molar-refractivity contribution in [3.63, 3.8) is 0 Å². The number of halogens is 1. The maximum atomic E-state index is 12.0. The molecule has 3 rings (SSSR count). The third-order valence-electron chi connectivity index (χ3n) is 4.24. The van der Waals surface area contributed by atoms with Crippen LogP contribution < -0.4 is 10.2 Å². The lowest BCUT2D eigenvalue weighted by Gasteiger charge is -2.35. The first-order valence-corrected chi connectivity index (χ1v) is 8.31. The molecule has 2 heterocycles. The number of carbonyl (C=O) groups is 1. The largest absolute Gasteiger partial charge is 0.459 e. The normalized spacial score (nSPS) is 17.3. The zero-order chi connectivity index (χ0) is 16.9. The Balaban J connectivity index is 1.64. The van der Waals surface area contributed by atoms with Gasteiger partial charge in [-0.1, -0.05) is 11.6 Å². The quantitative estimate of drug-likeness (QED) is 0.923. The molecular weight excluding hydrogens is 326 g/mol. The van der Waals surface area contributed by atoms with Crippen molar-refractivity contribution in [2.75, 3.05) is 24.5 Å². The molecular formula is C18H18ClN3O2. The van der Waals surface area contributed by atoms with Crippen LogP contribution >= 0.6 is 11.6 Å². The Kier molecular flexibility index (Phi) is 5.07. The maximum absolute atomic E-state index is 12.0. The molecule has 24 heavy (non-hydrogen) atoms. The standard InChI is InChI=1S/C18H18ClN3O2/c19-15-6-5-14(10-20)16(9-15)22-7-1-3-13(12-22)11-21-18(23)17-4-2-8-24-17/h2,4-6,8-9,13H,1,3,7,11-12H2,(H,21,23)/t13-/m0/s1. The van der Waals surface area contributed by atoms with Gasteiger partial charge in [-0.15, -0.1) is 0 Å². The second kappa shape index (κ2) is 7.41. The summed E-state index contributed by atoms with van der Waals surface area (Å²) < 4.78 is 5.10. The molecule has 1 aliphatic heterocycles. The number of amides is 1. The fourth-order valence-corrected chi connectivity index (χ4v) is 3.21. The topological polar surface area (TPSA) is 69.3 Å². The Hall–Kier alpha value is -2.45. The summed E-state index contributed by atoms with van der Waals surface area (Å²) in [7, 11) is 0. The number of nitriles is 1. The lowest BCUT2D eigenvalue weighted by Crippen LogP contribution is -2.41. The molecule has 1 saturated heterocycles. The van der Waals surface area contributed by atoms with E-state index in [-0.39, 0.29) is 5.91 Å². The van der Waals surface area contributed by atoms with Crippen LogP contribution in [0.5, 0.6) is 0 Å². The van der Waals surface area contributed by atoms with Crippen LogP contribution in [0.1, 0.15) is 29.0 Å². The number of nitrogens with one attached hydrogen (secondary N) is 1. The highest BCUT2D eigenvalue weighted by Gasteiger charge is 2.23. The van der Waals surface area contributed by atoms with Crippen LogP contribution in [0.4, 0.5) is 5.69 Å². The van der Waals surface area contributed by atoms with Gasteiger partial charge < -0.3 is 14.6 Å². The summed E-state index contributed by atoms with van der Waals surface area (Å²) in [5, 5.41) is 12.8. The molecule has 1 N–H and O–H groups in total. The second-order valence-corrected chi connectivity index (χ2v) is 6.35. The van der Waals surface area contributed by atoms with E-state index in [0.717, 1.165) is 31.6 Å². The molecule has 0 aliphatic carbocycles. The first kappa shape index (κ1) is 16.4. The van der Waals surface area contributed by atoms with Gasteiger partial charge in [0.05, 0.1) is 17.5 Å². The maximum Gasteiger partial charge on any atom is 0.286 e. The second-order valence-electron chi connectivity index (χ2n) is 5.91. The Labute approximate surface area is 145 Å². The summed E-state index contributed by atoms with van der Waals surface area (Å²) in [5.41, 5.74) is 1.49. The van der Waals surface area contributed by atoms with Crippen molar-refractivity contribution in [2.45, 2.75) is 12.8 Å². The molecule has 124 valence electrons. The number of hydrogen-bond donors (Lipinski definition) is 1. The van der Waals surface area contributed by atoms with Crippen LogP contribution in [-0.2, 0) is 0 Å². The summed E-state index contributed by atoms with van der Waals surface area (Å²) in [6.45, 7) is 2.25. The molecule has 1 aromatic carbocycles. The molecule has 1 aromatic heterocycles. The summed E-state index contributed by atoms with van der Waals surface area (Å²) in [6, 6.07) is 10.9. The van der Waals surface area contributed by atoms with E-state index < -0.39 is 0 Å². The van der Waals surface area contributed by atoms with Crippen molar-refractivity contribution in [1.82, 2.24) is 5.32 Å². The third kappa shape index (κ3) is 3.72. The Bertz CT molecular complexity index is 752. The van der Waals surface area contributed by atoms with Crippen molar-refractivity contribution >= 4 is 23.2 Å². The summed E-state index contributed by atoms with van der Waals surface area (Å²) >= 11 is 6.09. The van der Waals surface area contributed by atoms with Gasteiger partial charge in [0.2, 0.25) is 0 Å². The third-order valence-corrected chi connectivity index (χ3v) is 4.47. The zero-order valence-corrected chi connectivity index (χ0v) is 13.9. The van der Waals surface area contributed by atoms with E-state index in [1.54, 1.807) is 24.3 Å². The number of furan rings is 1. The number of anilines is 1. The SMILES string of the molecule is N#Cc1ccc(Cl)cc1N1CCC[C@@H](CNC(=O)c2ccco2)C1. The highest BCUT2D eigenvalue weighted by molar-refractivity contribution is 6.30. The minimum Gasteiger partial charge on any atom is -0.459 e. The lowest BCUT2D eigenvalue weighted by atomic mass is 9.96. The molecule has 0 radical (unpaired) electrons. The van der Waals surface area contributed by atoms with Crippen LogP contribution in [0.3, 0.4) is 0 Å². The van der Waals surface area contributed by atoms with Crippen molar-refractivity contribution in [1.29, 1.82) is 5.26 Å². The Morgan fingerprint density at radius 1 is 1.46 bits per heavy atom. The smallest absolute Gasteiger partial charge is 0.286 e. The van der Waals surface area contributed by atoms with E-state index in [0.29, 0.717) is 28.8 Å². The van der Waals surface area contributed by atoms with Crippen molar-refractivity contribution in [3.05, 3.63) is 52.9 Å². The number of nitrogens with zero attached hydrogens (tertiary/aromatic N) is 2. The predicted molar refractivity (Wildman–Crippen MR) is 92.1 cm³/mol. The fourth-order valence-electron chi connectivity index (χ4n) is 3.04. The first-order valence-electron chi connectivity index (χ1n) is 7.93. The molecule has 6 heteroatoms. The van der Waals surface area contributed by atoms with Crippen LogP contribution in [0.2, 0.25) is 5.02 Å². The number of benzene rings is 1. The minimum atomic E-state index is -0.197. The Morgan fingerprint density at radius 2 is 2.33 bits per heavy atom. The van der Waals surface area contributed by atoms with E-state index in [4.69, 9.17) is 16.0 Å². The van der Waals surface area contributed by atoms with Crippen molar-refractivity contribution in [2.24, 2.45) is 5.92 Å². The highest BCUT2D eigenvalue weighted by atomic mass is 35.5. The summed E-state index contributed by atoms with van der Waals surface area (Å²) in [5.74, 6) is 0.449. The number of hydrogen-bond acceptors (Lipinski definition) is 4. The van der Waals surface area contributed by atoms with E-state index in [2.05, 4.69) is 16.3 Å². The molecule has 1 amide bonds. The summed E-state index contributed by atoms with van der Waals surface area (Å²) in [6.07, 6.45) is 3.54. The first-order chi connectivity index (χ1) is 11.7. The number of carbonyl (C=O) groups excluding carboxylic acids is 1. The van der Waals surface area contributed by atoms with E-state index in [1.807, 2.05) is 6.07 Å². The van der Waals surface area contributed by atoms with E-state index in [9.17, 15) is 10.1 Å². The van der Waals surface area contributed by atoms with Gasteiger partial charge in [0, 0.05) is 24.7 Å². The summed E-state index contributed by atoms with van der Waals surface area (Å²) in [4.78, 5) is 14.1. The van der Waals surface area contributed by atoms with E-state index >= 15 is 0 Å². The molecule has 1 aliphatic rings. The average Bonchev–Trinajstić information content (AvgIpc) is 3.14. The molecule has 0 saturated carbocycles. The highest BCUT2D eigenvalue weighted by Crippen LogP contribution is 2.28. The number of rotatable bonds is 4. The van der Waals surface area contributed by atoms with Gasteiger partial charge in [0.15, 0.2) is 5.76 Å². The van der Waals surface area contributed by atoms with Crippen molar-refractivity contribution < 1.29 is 9.21 Å². The average molecular weight is 344 g/mol.